The van der Waals surface area contributed by atoms with Crippen LogP contribution in [0.2, 0.25) is 0 Å². The maximum atomic E-state index is 9.04. The second kappa shape index (κ2) is 11.3. The molecule has 10 rings (SSSR count). The average molecular weight is 734 g/mol. The van der Waals surface area contributed by atoms with Gasteiger partial charge in [-0.2, -0.15) is 0 Å². The quantitative estimate of drug-likeness (QED) is 0.169. The van der Waals surface area contributed by atoms with E-state index in [-0.39, 0.29) is 27.7 Å². The highest BCUT2D eigenvalue weighted by Gasteiger charge is 2.49. The molecule has 5 nitrogen and oxygen atoms in total. The van der Waals surface area contributed by atoms with Crippen molar-refractivity contribution in [3.05, 3.63) is 125 Å². The first kappa shape index (κ1) is 25.7. The largest absolute Gasteiger partial charge is 0.492 e. The van der Waals surface area contributed by atoms with Gasteiger partial charge in [0.1, 0.15) is 17.3 Å². The van der Waals surface area contributed by atoms with Gasteiger partial charge >= 0.3 is 0 Å². The number of aryl methyl sites for hydroxylation is 2. The van der Waals surface area contributed by atoms with Gasteiger partial charge in [-0.05, 0) is 83.9 Å². The number of benzene rings is 5. The first-order chi connectivity index (χ1) is 29.8. The Morgan fingerprint density at radius 3 is 2.13 bits per heavy atom. The number of fused-ring (bicyclic) bond motifs is 6. The molecular formula is C49H49BN2O3. The van der Waals surface area contributed by atoms with Gasteiger partial charge in [-0.3, -0.25) is 0 Å². The van der Waals surface area contributed by atoms with Crippen LogP contribution in [-0.4, -0.2) is 19.9 Å². The predicted octanol–water partition coefficient (Wildman–Crippen LogP) is 10.6. The van der Waals surface area contributed by atoms with Gasteiger partial charge in [0.25, 0.3) is 6.71 Å². The molecule has 5 aromatic carbocycles. The molecule has 0 amide bonds. The summed E-state index contributed by atoms with van der Waals surface area (Å²) in [6.45, 7) is 6.26. The molecule has 0 unspecified atom stereocenters. The third-order valence-corrected chi connectivity index (χ3v) is 12.0. The van der Waals surface area contributed by atoms with Crippen molar-refractivity contribution in [2.45, 2.75) is 85.3 Å². The molecule has 0 N–H and O–H groups in total. The van der Waals surface area contributed by atoms with Crippen LogP contribution in [-0.2, 0) is 16.2 Å². The van der Waals surface area contributed by atoms with Crippen LogP contribution in [0.3, 0.4) is 0 Å². The molecular weight excluding hydrogens is 675 g/mol. The van der Waals surface area contributed by atoms with Gasteiger partial charge in [0.05, 0.1) is 30.2 Å². The van der Waals surface area contributed by atoms with E-state index in [1.807, 2.05) is 65.6 Å². The van der Waals surface area contributed by atoms with Crippen LogP contribution in [0.5, 0.6) is 11.5 Å². The SMILES string of the molecule is [2H]C([2H])([2H])c1cc2c3c(c1)N(c1ccc(C(C)(C)C)cc1-c1ccccc1)c1c(oc(C([2H])([2H])[2H])c1C([2H])([2H])[2H])B3c1cc3c(cc1N2c1ccc2c(c1)OCC2(C)C)OCC3(C)C. The highest BCUT2D eigenvalue weighted by molar-refractivity contribution is 6.99. The maximum Gasteiger partial charge on any atom is 0.297 e. The van der Waals surface area contributed by atoms with Crippen molar-refractivity contribution in [1.29, 1.82) is 0 Å². The second-order valence-electron chi connectivity index (χ2n) is 17.8. The molecule has 0 bridgehead atoms. The van der Waals surface area contributed by atoms with Gasteiger partial charge in [0.15, 0.2) is 0 Å². The van der Waals surface area contributed by atoms with Gasteiger partial charge in [0.2, 0.25) is 0 Å². The summed E-state index contributed by atoms with van der Waals surface area (Å²) in [4.78, 5) is 3.79. The molecule has 4 aliphatic heterocycles. The van der Waals surface area contributed by atoms with E-state index in [0.717, 1.165) is 39.0 Å². The van der Waals surface area contributed by atoms with Gasteiger partial charge in [-0.25, -0.2) is 0 Å². The fraction of sp³-hybridized carbons (Fsp3) is 0.306. The lowest BCUT2D eigenvalue weighted by molar-refractivity contribution is 0.291. The molecule has 6 aromatic rings. The van der Waals surface area contributed by atoms with Crippen molar-refractivity contribution >= 4 is 57.4 Å². The summed E-state index contributed by atoms with van der Waals surface area (Å²) in [5, 5.41) is 0. The van der Waals surface area contributed by atoms with Crippen LogP contribution in [0.15, 0.2) is 95.4 Å². The summed E-state index contributed by atoms with van der Waals surface area (Å²) >= 11 is 0. The van der Waals surface area contributed by atoms with Crippen molar-refractivity contribution in [3.63, 3.8) is 0 Å². The molecule has 276 valence electrons. The van der Waals surface area contributed by atoms with E-state index in [0.29, 0.717) is 52.9 Å². The number of ether oxygens (including phenoxy) is 2. The second-order valence-corrected chi connectivity index (χ2v) is 17.8. The fourth-order valence-electron chi connectivity index (χ4n) is 9.06. The number of anilines is 6. The molecule has 0 spiro atoms. The number of nitrogens with zero attached hydrogens (tertiary/aromatic N) is 2. The first-order valence-electron chi connectivity index (χ1n) is 23.5. The van der Waals surface area contributed by atoms with E-state index < -0.39 is 44.0 Å². The smallest absolute Gasteiger partial charge is 0.297 e. The summed E-state index contributed by atoms with van der Waals surface area (Å²) in [7, 11) is 0. The summed E-state index contributed by atoms with van der Waals surface area (Å²) in [6.07, 6.45) is 0. The van der Waals surface area contributed by atoms with E-state index in [4.69, 9.17) is 26.2 Å². The van der Waals surface area contributed by atoms with Crippen LogP contribution in [0.1, 0.15) is 94.4 Å². The van der Waals surface area contributed by atoms with Crippen molar-refractivity contribution < 1.29 is 26.2 Å². The van der Waals surface area contributed by atoms with E-state index in [1.165, 1.54) is 0 Å². The van der Waals surface area contributed by atoms with Gasteiger partial charge in [0, 0.05) is 80.3 Å². The lowest BCUT2D eigenvalue weighted by Crippen LogP contribution is -2.61. The van der Waals surface area contributed by atoms with E-state index >= 15 is 0 Å². The minimum atomic E-state index is -2.98. The molecule has 0 saturated carbocycles. The molecule has 4 aliphatic rings. The predicted molar refractivity (Wildman–Crippen MR) is 228 cm³/mol. The Balaban J connectivity index is 1.39. The highest BCUT2D eigenvalue weighted by Crippen LogP contribution is 2.52. The summed E-state index contributed by atoms with van der Waals surface area (Å²) in [5.41, 5.74) is 7.57. The fourth-order valence-corrected chi connectivity index (χ4v) is 9.06. The van der Waals surface area contributed by atoms with Crippen LogP contribution in [0.25, 0.3) is 11.1 Å². The van der Waals surface area contributed by atoms with Gasteiger partial charge in [-0.15, -0.1) is 0 Å². The Kier molecular flexibility index (Phi) is 5.30. The molecule has 1 aromatic heterocycles. The van der Waals surface area contributed by atoms with Crippen molar-refractivity contribution in [2.24, 2.45) is 0 Å². The average Bonchev–Trinajstić information content (AvgIpc) is 3.86. The number of furan rings is 1. The minimum absolute atomic E-state index is 0.0153. The Labute approximate surface area is 338 Å². The molecule has 55 heavy (non-hydrogen) atoms. The summed E-state index contributed by atoms with van der Waals surface area (Å²) in [6, 6.07) is 29.1. The minimum Gasteiger partial charge on any atom is -0.492 e. The van der Waals surface area contributed by atoms with E-state index in [1.54, 1.807) is 17.0 Å². The Morgan fingerprint density at radius 1 is 0.691 bits per heavy atom. The molecule has 0 fully saturated rings. The monoisotopic (exact) mass is 733 g/mol. The molecule has 0 aliphatic carbocycles. The summed E-state index contributed by atoms with van der Waals surface area (Å²) < 4.78 is 99.5. The Bertz CT molecular complexity index is 2930. The van der Waals surface area contributed by atoms with Crippen LogP contribution >= 0.6 is 0 Å². The Hall–Kier alpha value is -5.36. The van der Waals surface area contributed by atoms with Crippen LogP contribution in [0.4, 0.5) is 34.1 Å². The van der Waals surface area contributed by atoms with Crippen molar-refractivity contribution in [2.75, 3.05) is 23.0 Å². The van der Waals surface area contributed by atoms with Crippen LogP contribution < -0.4 is 35.9 Å². The third kappa shape index (κ3) is 4.92. The van der Waals surface area contributed by atoms with Gasteiger partial charge in [-0.1, -0.05) is 97.0 Å². The highest BCUT2D eigenvalue weighted by atomic mass is 16.5. The lowest BCUT2D eigenvalue weighted by Gasteiger charge is -2.43. The summed E-state index contributed by atoms with van der Waals surface area (Å²) in [5.74, 6) is 0.752. The normalized spacial score (nSPS) is 20.0. The zero-order chi connectivity index (χ0) is 45.8. The number of rotatable bonds is 3. The maximum absolute atomic E-state index is 9.04. The Morgan fingerprint density at radius 2 is 1.42 bits per heavy atom. The van der Waals surface area contributed by atoms with Gasteiger partial charge < -0.3 is 23.7 Å². The van der Waals surface area contributed by atoms with Crippen LogP contribution in [0, 0.1) is 20.6 Å². The zero-order valence-corrected chi connectivity index (χ0v) is 32.3. The zero-order valence-electron chi connectivity index (χ0n) is 41.3. The molecule has 5 heterocycles. The lowest BCUT2D eigenvalue weighted by atomic mass is 9.35. The van der Waals surface area contributed by atoms with Crippen molar-refractivity contribution in [1.82, 2.24) is 0 Å². The molecule has 0 atom stereocenters. The molecule has 0 saturated heterocycles. The standard InChI is InChI=1S/C49H49BN2O3/c1-28-20-40-44-41(21-28)52(38-19-16-32(47(4,5)6)22-34(38)31-14-12-11-13-15-31)45-29(2)30(3)55-46(45)50(44)37-24-36-43(54-27-49(36,9)10)25-39(37)51(40)33-17-18-35-42(23-33)53-26-48(35,7)8/h11-25H,26-27H2,1-10H3/i1D3,2D3,3D3. The topological polar surface area (TPSA) is 38.1 Å². The first-order valence-corrected chi connectivity index (χ1v) is 19.0. The number of hydrogen-bond acceptors (Lipinski definition) is 5. The molecule has 6 heteroatoms. The molecule has 0 radical (unpaired) electrons. The van der Waals surface area contributed by atoms with Crippen molar-refractivity contribution in [3.8, 4) is 22.6 Å². The van der Waals surface area contributed by atoms with E-state index in [9.17, 15) is 0 Å². The number of hydrogen-bond donors (Lipinski definition) is 0. The third-order valence-electron chi connectivity index (χ3n) is 12.0. The van der Waals surface area contributed by atoms with E-state index in [2.05, 4.69) is 66.7 Å².